The molecule has 1 N–H and O–H groups in total. The Kier molecular flexibility index (Phi) is 3.59. The Bertz CT molecular complexity index is 845. The standard InChI is InChI=1S/C19H18O3/c1-19(21)10-9-17-14(11-15(12-19)22-2)8-7-13-5-3-4-6-16(13)18(17)20/h3-10,12,21H,11H2,1-2H3/b10-9-,15-12?. The molecule has 0 fully saturated rings. The third-order valence-electron chi connectivity index (χ3n) is 3.93. The Labute approximate surface area is 129 Å². The lowest BCUT2D eigenvalue weighted by atomic mass is 9.96. The van der Waals surface area contributed by atoms with E-state index in [1.807, 2.05) is 36.4 Å². The molecule has 3 nitrogen and oxygen atoms in total. The monoisotopic (exact) mass is 294 g/mol. The molecule has 0 amide bonds. The van der Waals surface area contributed by atoms with E-state index in [-0.39, 0.29) is 5.43 Å². The fraction of sp³-hybridized carbons (Fsp3) is 0.211. The zero-order valence-corrected chi connectivity index (χ0v) is 12.7. The highest BCUT2D eigenvalue weighted by Crippen LogP contribution is 2.23. The van der Waals surface area contributed by atoms with E-state index in [4.69, 9.17) is 4.74 Å². The van der Waals surface area contributed by atoms with Gasteiger partial charge in [0.2, 0.25) is 0 Å². The van der Waals surface area contributed by atoms with Gasteiger partial charge in [-0.1, -0.05) is 42.5 Å². The summed E-state index contributed by atoms with van der Waals surface area (Å²) < 4.78 is 5.35. The van der Waals surface area contributed by atoms with E-state index in [0.29, 0.717) is 23.1 Å². The lowest BCUT2D eigenvalue weighted by molar-refractivity contribution is 0.155. The molecule has 0 saturated carbocycles. The molecule has 0 heterocycles. The van der Waals surface area contributed by atoms with Gasteiger partial charge in [0.05, 0.1) is 12.9 Å². The van der Waals surface area contributed by atoms with Crippen LogP contribution in [-0.2, 0) is 11.2 Å². The van der Waals surface area contributed by atoms with Gasteiger partial charge in [-0.25, -0.2) is 0 Å². The third-order valence-corrected chi connectivity index (χ3v) is 3.93. The van der Waals surface area contributed by atoms with Crippen molar-refractivity contribution in [1.29, 1.82) is 0 Å². The minimum Gasteiger partial charge on any atom is -0.501 e. The predicted octanol–water partition coefficient (Wildman–Crippen LogP) is 3.05. The number of fused-ring (bicyclic) bond motifs is 2. The average Bonchev–Trinajstić information content (AvgIpc) is 2.61. The normalized spacial score (nSPS) is 22.2. The molecular formula is C19H18O3. The summed E-state index contributed by atoms with van der Waals surface area (Å²) in [5, 5.41) is 11.9. The second-order valence-corrected chi connectivity index (χ2v) is 5.74. The summed E-state index contributed by atoms with van der Waals surface area (Å²) in [5.74, 6) is 0.644. The highest BCUT2D eigenvalue weighted by molar-refractivity contribution is 5.84. The van der Waals surface area contributed by atoms with Crippen LogP contribution in [0.2, 0.25) is 0 Å². The van der Waals surface area contributed by atoms with Gasteiger partial charge in [-0.15, -0.1) is 0 Å². The largest absolute Gasteiger partial charge is 0.501 e. The quantitative estimate of drug-likeness (QED) is 0.879. The van der Waals surface area contributed by atoms with Crippen molar-refractivity contribution in [3.63, 3.8) is 0 Å². The summed E-state index contributed by atoms with van der Waals surface area (Å²) in [4.78, 5) is 12.9. The van der Waals surface area contributed by atoms with Gasteiger partial charge in [0.25, 0.3) is 0 Å². The molecule has 0 aromatic heterocycles. The second-order valence-electron chi connectivity index (χ2n) is 5.74. The lowest BCUT2D eigenvalue weighted by Crippen LogP contribution is -2.20. The first-order chi connectivity index (χ1) is 10.5. The SMILES string of the molecule is COC1=CC(C)(O)/C=C\c2c(ccc3ccccc3c2=O)C1. The summed E-state index contributed by atoms with van der Waals surface area (Å²) in [7, 11) is 1.57. The van der Waals surface area contributed by atoms with Crippen LogP contribution < -0.4 is 5.43 Å². The number of allylic oxidation sites excluding steroid dienone is 1. The molecule has 0 bridgehead atoms. The summed E-state index contributed by atoms with van der Waals surface area (Å²) >= 11 is 0. The van der Waals surface area contributed by atoms with Crippen molar-refractivity contribution in [3.8, 4) is 0 Å². The van der Waals surface area contributed by atoms with Crippen LogP contribution >= 0.6 is 0 Å². The van der Waals surface area contributed by atoms with E-state index in [1.165, 1.54) is 0 Å². The average molecular weight is 294 g/mol. The second kappa shape index (κ2) is 5.43. The third kappa shape index (κ3) is 2.68. The van der Waals surface area contributed by atoms with Gasteiger partial charge in [-0.2, -0.15) is 0 Å². The van der Waals surface area contributed by atoms with Crippen molar-refractivity contribution >= 4 is 16.8 Å². The molecule has 1 aliphatic carbocycles. The van der Waals surface area contributed by atoms with Crippen molar-refractivity contribution in [2.75, 3.05) is 7.11 Å². The molecule has 22 heavy (non-hydrogen) atoms. The smallest absolute Gasteiger partial charge is 0.193 e. The Morgan fingerprint density at radius 3 is 2.73 bits per heavy atom. The zero-order chi connectivity index (χ0) is 15.7. The van der Waals surface area contributed by atoms with E-state index in [0.717, 1.165) is 10.9 Å². The Hall–Kier alpha value is -2.39. The van der Waals surface area contributed by atoms with Gasteiger partial charge >= 0.3 is 0 Å². The molecule has 3 rings (SSSR count). The highest BCUT2D eigenvalue weighted by atomic mass is 16.5. The van der Waals surface area contributed by atoms with Gasteiger partial charge in [-0.05, 0) is 30.0 Å². The molecule has 2 aromatic rings. The first-order valence-corrected chi connectivity index (χ1v) is 7.22. The predicted molar refractivity (Wildman–Crippen MR) is 88.7 cm³/mol. The fourth-order valence-electron chi connectivity index (χ4n) is 2.75. The molecule has 0 radical (unpaired) electrons. The van der Waals surface area contributed by atoms with Crippen molar-refractivity contribution in [2.45, 2.75) is 18.9 Å². The van der Waals surface area contributed by atoms with E-state index in [2.05, 4.69) is 0 Å². The van der Waals surface area contributed by atoms with Gasteiger partial charge < -0.3 is 9.84 Å². The first-order valence-electron chi connectivity index (χ1n) is 7.22. The van der Waals surface area contributed by atoms with Gasteiger partial charge in [0.15, 0.2) is 5.43 Å². The van der Waals surface area contributed by atoms with Crippen LogP contribution in [0, 0.1) is 0 Å². The molecule has 1 atom stereocenters. The van der Waals surface area contributed by atoms with Crippen LogP contribution in [-0.4, -0.2) is 17.8 Å². The molecule has 3 heteroatoms. The summed E-state index contributed by atoms with van der Waals surface area (Å²) in [6.45, 7) is 1.67. The summed E-state index contributed by atoms with van der Waals surface area (Å²) in [6.07, 6.45) is 5.49. The maximum atomic E-state index is 12.9. The van der Waals surface area contributed by atoms with Crippen LogP contribution in [0.5, 0.6) is 0 Å². The van der Waals surface area contributed by atoms with Crippen molar-refractivity contribution in [1.82, 2.24) is 0 Å². The molecule has 1 aliphatic rings. The number of methoxy groups -OCH3 is 1. The van der Waals surface area contributed by atoms with Crippen LogP contribution in [0.15, 0.2) is 59.1 Å². The molecule has 0 spiro atoms. The minimum absolute atomic E-state index is 0.0278. The summed E-state index contributed by atoms with van der Waals surface area (Å²) in [6, 6.07) is 11.4. The number of rotatable bonds is 1. The number of hydrogen-bond acceptors (Lipinski definition) is 3. The van der Waals surface area contributed by atoms with Crippen LogP contribution in [0.3, 0.4) is 0 Å². The maximum Gasteiger partial charge on any atom is 0.193 e. The number of aliphatic hydroxyl groups is 1. The molecule has 2 aromatic carbocycles. The van der Waals surface area contributed by atoms with Gasteiger partial charge in [0.1, 0.15) is 5.60 Å². The van der Waals surface area contributed by atoms with Crippen molar-refractivity contribution in [2.24, 2.45) is 0 Å². The van der Waals surface area contributed by atoms with Crippen LogP contribution in [0.25, 0.3) is 16.8 Å². The molecule has 0 aliphatic heterocycles. The molecule has 0 saturated heterocycles. The molecule has 112 valence electrons. The maximum absolute atomic E-state index is 12.9. The van der Waals surface area contributed by atoms with E-state index in [1.54, 1.807) is 32.3 Å². The Balaban J connectivity index is 2.35. The number of ether oxygens (including phenoxy) is 1. The van der Waals surface area contributed by atoms with Crippen molar-refractivity contribution < 1.29 is 9.84 Å². The summed E-state index contributed by atoms with van der Waals surface area (Å²) in [5.41, 5.74) is 0.324. The minimum atomic E-state index is -1.14. The van der Waals surface area contributed by atoms with E-state index in [9.17, 15) is 9.90 Å². The fourth-order valence-corrected chi connectivity index (χ4v) is 2.75. The van der Waals surface area contributed by atoms with Gasteiger partial charge in [-0.3, -0.25) is 4.79 Å². The van der Waals surface area contributed by atoms with Crippen LogP contribution in [0.4, 0.5) is 0 Å². The molecule has 1 unspecified atom stereocenters. The van der Waals surface area contributed by atoms with Crippen molar-refractivity contribution in [3.05, 3.63) is 75.7 Å². The Morgan fingerprint density at radius 1 is 1.18 bits per heavy atom. The lowest BCUT2D eigenvalue weighted by Gasteiger charge is -2.19. The van der Waals surface area contributed by atoms with Crippen LogP contribution in [0.1, 0.15) is 18.1 Å². The highest BCUT2D eigenvalue weighted by Gasteiger charge is 2.19. The molecular weight excluding hydrogens is 276 g/mol. The topological polar surface area (TPSA) is 46.5 Å². The van der Waals surface area contributed by atoms with Gasteiger partial charge in [0, 0.05) is 17.4 Å². The number of hydrogen-bond donors (Lipinski definition) is 1. The van der Waals surface area contributed by atoms with E-state index < -0.39 is 5.60 Å². The zero-order valence-electron chi connectivity index (χ0n) is 12.7. The first kappa shape index (κ1) is 14.5. The van der Waals surface area contributed by atoms with E-state index >= 15 is 0 Å². The Morgan fingerprint density at radius 2 is 1.95 bits per heavy atom. The number of benzene rings is 1.